The zero-order valence-electron chi connectivity index (χ0n) is 15.7. The van der Waals surface area contributed by atoms with E-state index in [0.29, 0.717) is 6.61 Å². The average molecular weight is 331 g/mol. The van der Waals surface area contributed by atoms with Crippen LogP contribution in [0.2, 0.25) is 0 Å². The smallest absolute Gasteiger partial charge is 0.309 e. The highest BCUT2D eigenvalue weighted by molar-refractivity contribution is 5.73. The van der Waals surface area contributed by atoms with Crippen LogP contribution in [-0.4, -0.2) is 12.6 Å². The van der Waals surface area contributed by atoms with Gasteiger partial charge in [-0.1, -0.05) is 88.4 Å². The molecule has 0 fully saturated rings. The summed E-state index contributed by atoms with van der Waals surface area (Å²) in [6, 6.07) is 10.3. The molecule has 0 bridgehead atoms. The van der Waals surface area contributed by atoms with Crippen LogP contribution in [-0.2, 0) is 9.53 Å². The topological polar surface area (TPSA) is 26.3 Å². The van der Waals surface area contributed by atoms with Gasteiger partial charge in [0.05, 0.1) is 12.5 Å². The maximum atomic E-state index is 12.1. The number of ether oxygens (including phenoxy) is 1. The first-order valence-corrected chi connectivity index (χ1v) is 9.58. The van der Waals surface area contributed by atoms with E-state index in [9.17, 15) is 4.79 Å². The minimum Gasteiger partial charge on any atom is -0.466 e. The van der Waals surface area contributed by atoms with Gasteiger partial charge in [0.1, 0.15) is 0 Å². The van der Waals surface area contributed by atoms with Crippen LogP contribution in [0.3, 0.4) is 0 Å². The second-order valence-electron chi connectivity index (χ2n) is 6.46. The van der Waals surface area contributed by atoms with E-state index in [4.69, 9.17) is 4.74 Å². The summed E-state index contributed by atoms with van der Waals surface area (Å²) in [5, 5.41) is 0. The van der Waals surface area contributed by atoms with Gasteiger partial charge in [-0.25, -0.2) is 0 Å². The summed E-state index contributed by atoms with van der Waals surface area (Å²) < 4.78 is 5.22. The molecule has 1 aromatic rings. The Kier molecular flexibility index (Phi) is 10.9. The predicted octanol–water partition coefficient (Wildman–Crippen LogP) is 6.28. The van der Waals surface area contributed by atoms with Crippen LogP contribution < -0.4 is 0 Å². The van der Waals surface area contributed by atoms with Crippen LogP contribution in [0.5, 0.6) is 0 Å². The Morgan fingerprint density at radius 1 is 1.04 bits per heavy atom. The van der Waals surface area contributed by atoms with Gasteiger partial charge in [0.25, 0.3) is 0 Å². The summed E-state index contributed by atoms with van der Waals surface area (Å²) in [4.78, 5) is 12.1. The zero-order valence-corrected chi connectivity index (χ0v) is 15.7. The molecule has 0 aliphatic rings. The number of carbonyl (C=O) groups excluding carboxylic acids is 1. The molecule has 24 heavy (non-hydrogen) atoms. The number of benzene rings is 1. The van der Waals surface area contributed by atoms with E-state index in [1.807, 2.05) is 32.0 Å². The van der Waals surface area contributed by atoms with E-state index in [1.54, 1.807) is 0 Å². The van der Waals surface area contributed by atoms with Gasteiger partial charge in [-0.05, 0) is 25.3 Å². The van der Waals surface area contributed by atoms with E-state index in [2.05, 4.69) is 31.2 Å². The molecule has 1 aromatic carbocycles. The van der Waals surface area contributed by atoms with Gasteiger partial charge >= 0.3 is 5.97 Å². The third kappa shape index (κ3) is 7.81. The van der Waals surface area contributed by atoms with Crippen LogP contribution >= 0.6 is 0 Å². The molecule has 2 nitrogen and oxygen atoms in total. The third-order valence-electron chi connectivity index (χ3n) is 4.45. The van der Waals surface area contributed by atoms with Crippen molar-refractivity contribution in [2.24, 2.45) is 5.92 Å². The Hall–Kier alpha value is -1.57. The van der Waals surface area contributed by atoms with Crippen LogP contribution in [0.1, 0.15) is 77.2 Å². The lowest BCUT2D eigenvalue weighted by molar-refractivity contribution is -0.147. The number of allylic oxidation sites excluding steroid dienone is 2. The lowest BCUT2D eigenvalue weighted by Gasteiger charge is -2.20. The Morgan fingerprint density at radius 2 is 1.71 bits per heavy atom. The second-order valence-corrected chi connectivity index (χ2v) is 6.46. The van der Waals surface area contributed by atoms with E-state index >= 15 is 0 Å². The van der Waals surface area contributed by atoms with E-state index < -0.39 is 0 Å². The van der Waals surface area contributed by atoms with Gasteiger partial charge in [-0.3, -0.25) is 4.79 Å². The first-order chi connectivity index (χ1) is 11.7. The molecule has 0 saturated carbocycles. The number of hydrogen-bond acceptors (Lipinski definition) is 2. The highest BCUT2D eigenvalue weighted by Gasteiger charge is 2.24. The molecule has 2 heteroatoms. The fourth-order valence-electron chi connectivity index (χ4n) is 2.95. The fraction of sp³-hybridized carbons (Fsp3) is 0.591. The number of carbonyl (C=O) groups is 1. The van der Waals surface area contributed by atoms with Crippen molar-refractivity contribution in [2.75, 3.05) is 6.61 Å². The summed E-state index contributed by atoms with van der Waals surface area (Å²) in [6.45, 7) is 6.50. The Balaban J connectivity index is 2.56. The minimum absolute atomic E-state index is 0.0883. The number of unbranched alkanes of at least 4 members (excludes halogenated alkanes) is 6. The first-order valence-electron chi connectivity index (χ1n) is 9.58. The molecule has 0 radical (unpaired) electrons. The molecule has 134 valence electrons. The van der Waals surface area contributed by atoms with Gasteiger partial charge in [0.15, 0.2) is 0 Å². The summed E-state index contributed by atoms with van der Waals surface area (Å²) in [7, 11) is 0. The summed E-state index contributed by atoms with van der Waals surface area (Å²) >= 11 is 0. The standard InChI is InChI=1S/C22H34O2/c1-4-6-7-8-9-10-11-15-18-21(19(3)22(23)24-5-2)20-16-13-12-14-17-20/h12-19,21H,4-11H2,1-3H3/b18-15+. The van der Waals surface area contributed by atoms with Crippen molar-refractivity contribution in [2.45, 2.75) is 71.6 Å². The molecule has 0 N–H and O–H groups in total. The highest BCUT2D eigenvalue weighted by atomic mass is 16.5. The van der Waals surface area contributed by atoms with E-state index in [1.165, 1.54) is 44.1 Å². The number of esters is 1. The van der Waals surface area contributed by atoms with Crippen molar-refractivity contribution in [3.05, 3.63) is 48.0 Å². The summed E-state index contributed by atoms with van der Waals surface area (Å²) in [5.41, 5.74) is 1.18. The van der Waals surface area contributed by atoms with Crippen LogP contribution in [0.25, 0.3) is 0 Å². The van der Waals surface area contributed by atoms with Crippen molar-refractivity contribution in [1.29, 1.82) is 0 Å². The van der Waals surface area contributed by atoms with E-state index in [0.717, 1.165) is 6.42 Å². The zero-order chi connectivity index (χ0) is 17.6. The van der Waals surface area contributed by atoms with Crippen LogP contribution in [0.15, 0.2) is 42.5 Å². The normalized spacial score (nSPS) is 13.8. The lowest BCUT2D eigenvalue weighted by Crippen LogP contribution is -2.21. The van der Waals surface area contributed by atoms with Crippen molar-refractivity contribution in [3.63, 3.8) is 0 Å². The predicted molar refractivity (Wildman–Crippen MR) is 102 cm³/mol. The lowest BCUT2D eigenvalue weighted by atomic mass is 9.86. The molecule has 0 saturated heterocycles. The molecule has 0 amide bonds. The van der Waals surface area contributed by atoms with Gasteiger partial charge in [-0.15, -0.1) is 0 Å². The molecule has 0 aliphatic heterocycles. The summed E-state index contributed by atoms with van der Waals surface area (Å²) in [6.07, 6.45) is 13.4. The number of hydrogen-bond donors (Lipinski definition) is 0. The summed E-state index contributed by atoms with van der Waals surface area (Å²) in [5.74, 6) is -0.186. The quantitative estimate of drug-likeness (QED) is 0.256. The Labute approximate surface area is 148 Å². The molecule has 1 rings (SSSR count). The van der Waals surface area contributed by atoms with Gasteiger partial charge < -0.3 is 4.74 Å². The van der Waals surface area contributed by atoms with Crippen molar-refractivity contribution in [1.82, 2.24) is 0 Å². The molecule has 0 aromatic heterocycles. The maximum absolute atomic E-state index is 12.1. The van der Waals surface area contributed by atoms with Crippen LogP contribution in [0, 0.1) is 5.92 Å². The Morgan fingerprint density at radius 3 is 2.38 bits per heavy atom. The van der Waals surface area contributed by atoms with Gasteiger partial charge in [0.2, 0.25) is 0 Å². The van der Waals surface area contributed by atoms with E-state index in [-0.39, 0.29) is 17.8 Å². The molecular weight excluding hydrogens is 296 g/mol. The molecule has 2 unspecified atom stereocenters. The maximum Gasteiger partial charge on any atom is 0.309 e. The van der Waals surface area contributed by atoms with Crippen molar-refractivity contribution < 1.29 is 9.53 Å². The second kappa shape index (κ2) is 12.8. The molecular formula is C22H34O2. The first kappa shape index (κ1) is 20.5. The number of rotatable bonds is 12. The highest BCUT2D eigenvalue weighted by Crippen LogP contribution is 2.27. The largest absolute Gasteiger partial charge is 0.466 e. The fourth-order valence-corrected chi connectivity index (χ4v) is 2.95. The minimum atomic E-state index is -0.159. The average Bonchev–Trinajstić information content (AvgIpc) is 2.61. The van der Waals surface area contributed by atoms with Gasteiger partial charge in [0, 0.05) is 5.92 Å². The van der Waals surface area contributed by atoms with Crippen LogP contribution in [0.4, 0.5) is 0 Å². The monoisotopic (exact) mass is 330 g/mol. The SMILES string of the molecule is CCCCCCCC/C=C/C(c1ccccc1)C(C)C(=O)OCC. The Bertz CT molecular complexity index is 464. The van der Waals surface area contributed by atoms with Crippen molar-refractivity contribution >= 4 is 5.97 Å². The third-order valence-corrected chi connectivity index (χ3v) is 4.45. The van der Waals surface area contributed by atoms with Crippen molar-refractivity contribution in [3.8, 4) is 0 Å². The molecule has 0 aliphatic carbocycles. The van der Waals surface area contributed by atoms with Gasteiger partial charge in [-0.2, -0.15) is 0 Å². The molecule has 0 spiro atoms. The molecule has 0 heterocycles. The molecule has 2 atom stereocenters.